The molecule has 29 heavy (non-hydrogen) atoms. The minimum absolute atomic E-state index is 0.0821. The van der Waals surface area contributed by atoms with Gasteiger partial charge in [0.15, 0.2) is 0 Å². The van der Waals surface area contributed by atoms with Crippen molar-refractivity contribution in [3.63, 3.8) is 0 Å². The largest absolute Gasteiger partial charge is 0.489 e. The van der Waals surface area contributed by atoms with Crippen molar-refractivity contribution in [1.82, 2.24) is 0 Å². The molecule has 2 rings (SSSR count). The fraction of sp³-hybridized carbons (Fsp3) is 0.348. The van der Waals surface area contributed by atoms with Gasteiger partial charge in [-0.05, 0) is 73.9 Å². The molecule has 160 valence electrons. The Labute approximate surface area is 172 Å². The molecule has 6 heteroatoms. The van der Waals surface area contributed by atoms with E-state index in [1.165, 1.54) is 18.3 Å². The summed E-state index contributed by atoms with van der Waals surface area (Å²) in [6, 6.07) is 9.07. The number of halogens is 2. The second kappa shape index (κ2) is 15.2. The summed E-state index contributed by atoms with van der Waals surface area (Å²) in [6.45, 7) is 11.0. The quantitative estimate of drug-likeness (QED) is 0.325. The molecule has 3 N–H and O–H groups in total. The maximum absolute atomic E-state index is 13.8. The number of benzene rings is 2. The molecule has 1 atom stereocenters. The predicted octanol–water partition coefficient (Wildman–Crippen LogP) is 6.23. The van der Waals surface area contributed by atoms with Crippen LogP contribution in [0.25, 0.3) is 0 Å². The van der Waals surface area contributed by atoms with Gasteiger partial charge in [-0.3, -0.25) is 0 Å². The summed E-state index contributed by atoms with van der Waals surface area (Å²) in [4.78, 5) is 4.52. The molecule has 0 aromatic heterocycles. The minimum Gasteiger partial charge on any atom is -0.489 e. The molecule has 0 aliphatic rings. The first-order valence-electron chi connectivity index (χ1n) is 9.50. The van der Waals surface area contributed by atoms with E-state index in [0.717, 1.165) is 6.42 Å². The second-order valence-corrected chi connectivity index (χ2v) is 6.23. The third-order valence-electron chi connectivity index (χ3n) is 3.88. The number of nitrogens with two attached hydrogens (primary N) is 1. The molecule has 0 spiro atoms. The molecule has 0 saturated carbocycles. The van der Waals surface area contributed by atoms with Gasteiger partial charge in [0.2, 0.25) is 0 Å². The fourth-order valence-corrected chi connectivity index (χ4v) is 1.89. The monoisotopic (exact) mass is 406 g/mol. The van der Waals surface area contributed by atoms with Gasteiger partial charge in [0.25, 0.3) is 0 Å². The Morgan fingerprint density at radius 3 is 1.93 bits per heavy atom. The predicted molar refractivity (Wildman–Crippen MR) is 115 cm³/mol. The summed E-state index contributed by atoms with van der Waals surface area (Å²) in [7, 11) is 0. The molecule has 0 aliphatic heterocycles. The smallest absolute Gasteiger partial charge is 0.147 e. The van der Waals surface area contributed by atoms with Crippen molar-refractivity contribution < 1.29 is 18.4 Å². The van der Waals surface area contributed by atoms with Crippen molar-refractivity contribution in [2.45, 2.75) is 47.1 Å². The highest BCUT2D eigenvalue weighted by Crippen LogP contribution is 2.21. The first kappa shape index (κ1) is 26.3. The van der Waals surface area contributed by atoms with Gasteiger partial charge < -0.3 is 15.0 Å². The van der Waals surface area contributed by atoms with Crippen molar-refractivity contribution >= 4 is 6.21 Å². The Balaban J connectivity index is 0.000000736. The Hall–Kier alpha value is -2.73. The van der Waals surface area contributed by atoms with Crippen molar-refractivity contribution in [3.05, 3.63) is 71.8 Å². The van der Waals surface area contributed by atoms with E-state index < -0.39 is 11.6 Å². The van der Waals surface area contributed by atoms with Gasteiger partial charge >= 0.3 is 0 Å². The number of hydrogen-bond acceptors (Lipinski definition) is 4. The highest BCUT2D eigenvalue weighted by Gasteiger charge is 2.11. The van der Waals surface area contributed by atoms with E-state index in [-0.39, 0.29) is 12.2 Å². The topological polar surface area (TPSA) is 68.3 Å². The first-order chi connectivity index (χ1) is 13.9. The molecule has 0 heterocycles. The molecule has 2 aromatic carbocycles. The second-order valence-electron chi connectivity index (χ2n) is 6.23. The van der Waals surface area contributed by atoms with Crippen LogP contribution in [0, 0.1) is 23.0 Å². The molecular weight excluding hydrogens is 374 g/mol. The molecule has 0 fully saturated rings. The summed E-state index contributed by atoms with van der Waals surface area (Å²) in [5, 5.41) is 6.68. The molecule has 0 unspecified atom stereocenters. The van der Waals surface area contributed by atoms with Crippen LogP contribution in [0.15, 0.2) is 49.1 Å². The van der Waals surface area contributed by atoms with Gasteiger partial charge in [-0.25, -0.2) is 8.78 Å². The van der Waals surface area contributed by atoms with Gasteiger partial charge in [-0.1, -0.05) is 26.8 Å². The summed E-state index contributed by atoms with van der Waals surface area (Å²) < 4.78 is 32.9. The Morgan fingerprint density at radius 1 is 1.10 bits per heavy atom. The maximum atomic E-state index is 13.8. The van der Waals surface area contributed by atoms with E-state index >= 15 is 0 Å². The summed E-state index contributed by atoms with van der Waals surface area (Å²) in [5.74, 6) is 5.23. The summed E-state index contributed by atoms with van der Waals surface area (Å²) in [6.07, 6.45) is 4.89. The fourth-order valence-electron chi connectivity index (χ4n) is 1.89. The number of hydrogen-bond donors (Lipinski definition) is 2. The van der Waals surface area contributed by atoms with E-state index in [4.69, 9.17) is 16.0 Å². The zero-order valence-electron chi connectivity index (χ0n) is 17.7. The highest BCUT2D eigenvalue weighted by atomic mass is 19.1. The third-order valence-corrected chi connectivity index (χ3v) is 3.88. The number of allylic oxidation sites excluding steroid dienone is 1. The van der Waals surface area contributed by atoms with Crippen LogP contribution in [-0.4, -0.2) is 6.21 Å². The minimum atomic E-state index is -0.594. The van der Waals surface area contributed by atoms with Crippen molar-refractivity contribution in [2.24, 2.45) is 11.8 Å². The SMILES string of the molecule is C=CC.CC[C@@H](C)C=N.CCc1cc(F)c(COc2ccc(ON)cc2)c(F)c1. The molecule has 0 aliphatic carbocycles. The van der Waals surface area contributed by atoms with Crippen LogP contribution in [0.4, 0.5) is 8.78 Å². The lowest BCUT2D eigenvalue weighted by atomic mass is 10.1. The third kappa shape index (κ3) is 10.4. The number of aryl methyl sites for hydroxylation is 1. The van der Waals surface area contributed by atoms with Crippen molar-refractivity contribution in [1.29, 1.82) is 5.41 Å². The normalized spacial score (nSPS) is 10.4. The van der Waals surface area contributed by atoms with Crippen molar-refractivity contribution in [2.75, 3.05) is 0 Å². The zero-order valence-corrected chi connectivity index (χ0v) is 17.7. The average Bonchev–Trinajstić information content (AvgIpc) is 2.73. The van der Waals surface area contributed by atoms with E-state index in [0.29, 0.717) is 29.4 Å². The summed E-state index contributed by atoms with van der Waals surface area (Å²) >= 11 is 0. The van der Waals surface area contributed by atoms with Crippen LogP contribution < -0.4 is 15.5 Å². The first-order valence-corrected chi connectivity index (χ1v) is 9.50. The number of nitrogens with one attached hydrogen (secondary N) is 1. The highest BCUT2D eigenvalue weighted by molar-refractivity contribution is 5.55. The zero-order chi connectivity index (χ0) is 22.2. The van der Waals surface area contributed by atoms with Gasteiger partial charge in [-0.2, -0.15) is 5.90 Å². The van der Waals surface area contributed by atoms with E-state index in [1.54, 1.807) is 30.3 Å². The van der Waals surface area contributed by atoms with Crippen LogP contribution >= 0.6 is 0 Å². The lowest BCUT2D eigenvalue weighted by Crippen LogP contribution is -2.04. The van der Waals surface area contributed by atoms with E-state index in [1.807, 2.05) is 20.8 Å². The molecule has 0 radical (unpaired) electrons. The number of rotatable bonds is 7. The maximum Gasteiger partial charge on any atom is 0.147 e. The lowest BCUT2D eigenvalue weighted by molar-refractivity contribution is 0.290. The van der Waals surface area contributed by atoms with Crippen LogP contribution in [0.5, 0.6) is 11.5 Å². The van der Waals surface area contributed by atoms with Crippen LogP contribution in [0.1, 0.15) is 45.2 Å². The van der Waals surface area contributed by atoms with Crippen LogP contribution in [-0.2, 0) is 13.0 Å². The van der Waals surface area contributed by atoms with E-state index in [2.05, 4.69) is 18.3 Å². The Morgan fingerprint density at radius 2 is 1.59 bits per heavy atom. The molecule has 4 nitrogen and oxygen atoms in total. The Kier molecular flexibility index (Phi) is 13.8. The van der Waals surface area contributed by atoms with Gasteiger partial charge in [0.05, 0.1) is 5.56 Å². The molecule has 2 aromatic rings. The van der Waals surface area contributed by atoms with Crippen LogP contribution in [0.2, 0.25) is 0 Å². The van der Waals surface area contributed by atoms with Crippen LogP contribution in [0.3, 0.4) is 0 Å². The molecule has 0 saturated heterocycles. The molecule has 0 bridgehead atoms. The average molecular weight is 407 g/mol. The van der Waals surface area contributed by atoms with E-state index in [9.17, 15) is 8.78 Å². The standard InChI is InChI=1S/C15H15F2NO2.C5H11N.C3H6/c1-2-10-7-14(16)13(15(17)8-10)9-19-11-3-5-12(20-18)6-4-11;1-3-5(2)4-6;1-3-2/h3-8H,2,9,18H2,1H3;4-6H,3H2,1-2H3;3H,1H2,2H3/t;5-;/m.1./s1. The molecular formula is C23H32F2N2O2. The van der Waals surface area contributed by atoms with Gasteiger partial charge in [-0.15, -0.1) is 6.58 Å². The van der Waals surface area contributed by atoms with Crippen molar-refractivity contribution in [3.8, 4) is 11.5 Å². The molecule has 0 amide bonds. The van der Waals surface area contributed by atoms with Gasteiger partial charge in [0, 0.05) is 0 Å². The Bertz CT molecular complexity index is 711. The van der Waals surface area contributed by atoms with Gasteiger partial charge in [0.1, 0.15) is 29.7 Å². The number of ether oxygens (including phenoxy) is 1. The lowest BCUT2D eigenvalue weighted by Gasteiger charge is -2.10. The summed E-state index contributed by atoms with van der Waals surface area (Å²) in [5.41, 5.74) is 0.537.